The number of hydrogen-bond acceptors (Lipinski definition) is 3. The first kappa shape index (κ1) is 10.1. The van der Waals surface area contributed by atoms with Crippen molar-refractivity contribution in [1.82, 2.24) is 9.88 Å². The summed E-state index contributed by atoms with van der Waals surface area (Å²) in [6.45, 7) is 2.31. The summed E-state index contributed by atoms with van der Waals surface area (Å²) in [5, 5.41) is 0. The van der Waals surface area contributed by atoms with Gasteiger partial charge in [-0.1, -0.05) is 0 Å². The van der Waals surface area contributed by atoms with Crippen molar-refractivity contribution in [2.24, 2.45) is 5.92 Å². The summed E-state index contributed by atoms with van der Waals surface area (Å²) in [7, 11) is 1.82. The number of nitrogens with zero attached hydrogens (tertiary/aromatic N) is 2. The van der Waals surface area contributed by atoms with Crippen molar-refractivity contribution >= 4 is 5.91 Å². The highest BCUT2D eigenvalue weighted by Gasteiger charge is 2.22. The molecule has 2 rings (SSSR count). The second-order valence-corrected chi connectivity index (χ2v) is 3.83. The second kappa shape index (κ2) is 4.40. The molecule has 4 nitrogen and oxygen atoms in total. The minimum atomic E-state index is 0.0456. The van der Waals surface area contributed by atoms with E-state index >= 15 is 0 Å². The molecule has 1 aromatic rings. The quantitative estimate of drug-likeness (QED) is 0.734. The number of ether oxygens (including phenoxy) is 1. The summed E-state index contributed by atoms with van der Waals surface area (Å²) in [5.41, 5.74) is 0.688. The zero-order valence-electron chi connectivity index (χ0n) is 8.72. The zero-order valence-corrected chi connectivity index (χ0v) is 8.72. The minimum absolute atomic E-state index is 0.0456. The molecule has 1 amide bonds. The summed E-state index contributed by atoms with van der Waals surface area (Å²) < 4.78 is 5.07. The summed E-state index contributed by atoms with van der Waals surface area (Å²) in [6.07, 6.45) is 3.26. The van der Waals surface area contributed by atoms with Gasteiger partial charge in [-0.25, -0.2) is 0 Å². The molecule has 0 bridgehead atoms. The third-order valence-corrected chi connectivity index (χ3v) is 2.51. The summed E-state index contributed by atoms with van der Waals surface area (Å²) in [5.74, 6) is 0.546. The SMILES string of the molecule is CN(CC1COC1)C(=O)c1ccncc1. The van der Waals surface area contributed by atoms with E-state index in [9.17, 15) is 4.79 Å². The van der Waals surface area contributed by atoms with Crippen LogP contribution in [0.4, 0.5) is 0 Å². The lowest BCUT2D eigenvalue weighted by Crippen LogP contribution is -2.40. The van der Waals surface area contributed by atoms with Crippen molar-refractivity contribution in [2.45, 2.75) is 0 Å². The van der Waals surface area contributed by atoms with Crippen LogP contribution in [0.1, 0.15) is 10.4 Å². The highest BCUT2D eigenvalue weighted by atomic mass is 16.5. The first-order valence-corrected chi connectivity index (χ1v) is 5.00. The molecule has 0 aromatic carbocycles. The number of pyridine rings is 1. The third kappa shape index (κ3) is 2.33. The van der Waals surface area contributed by atoms with Crippen molar-refractivity contribution in [3.05, 3.63) is 30.1 Å². The Morgan fingerprint density at radius 2 is 2.20 bits per heavy atom. The van der Waals surface area contributed by atoms with Gasteiger partial charge in [0.1, 0.15) is 0 Å². The molecule has 0 saturated carbocycles. The van der Waals surface area contributed by atoms with E-state index in [4.69, 9.17) is 4.74 Å². The lowest BCUT2D eigenvalue weighted by atomic mass is 10.1. The summed E-state index contributed by atoms with van der Waals surface area (Å²) in [4.78, 5) is 17.5. The Kier molecular flexibility index (Phi) is 2.97. The normalized spacial score (nSPS) is 15.8. The van der Waals surface area contributed by atoms with Gasteiger partial charge < -0.3 is 9.64 Å². The molecular formula is C11H14N2O2. The largest absolute Gasteiger partial charge is 0.381 e. The average molecular weight is 206 g/mol. The Balaban J connectivity index is 1.95. The van der Waals surface area contributed by atoms with Crippen LogP contribution in [0.2, 0.25) is 0 Å². The van der Waals surface area contributed by atoms with Gasteiger partial charge in [0.15, 0.2) is 0 Å². The molecule has 0 spiro atoms. The van der Waals surface area contributed by atoms with Crippen LogP contribution < -0.4 is 0 Å². The Bertz CT molecular complexity index is 336. The molecule has 80 valence electrons. The number of carbonyl (C=O) groups excluding carboxylic acids is 1. The Hall–Kier alpha value is -1.42. The third-order valence-electron chi connectivity index (χ3n) is 2.51. The standard InChI is InChI=1S/C11H14N2O2/c1-13(6-9-7-15-8-9)11(14)10-2-4-12-5-3-10/h2-5,9H,6-8H2,1H3. The fourth-order valence-corrected chi connectivity index (χ4v) is 1.58. The van der Waals surface area contributed by atoms with E-state index in [2.05, 4.69) is 4.98 Å². The highest BCUT2D eigenvalue weighted by molar-refractivity contribution is 5.93. The molecule has 0 atom stereocenters. The first-order valence-electron chi connectivity index (χ1n) is 5.00. The average Bonchev–Trinajstić information content (AvgIpc) is 2.23. The van der Waals surface area contributed by atoms with Crippen molar-refractivity contribution in [2.75, 3.05) is 26.8 Å². The van der Waals surface area contributed by atoms with Gasteiger partial charge in [0.05, 0.1) is 13.2 Å². The molecular weight excluding hydrogens is 192 g/mol. The number of aromatic nitrogens is 1. The molecule has 1 aliphatic heterocycles. The topological polar surface area (TPSA) is 42.4 Å². The van der Waals surface area contributed by atoms with Crippen molar-refractivity contribution in [3.8, 4) is 0 Å². The van der Waals surface area contributed by atoms with Crippen molar-refractivity contribution < 1.29 is 9.53 Å². The Morgan fingerprint density at radius 3 is 2.73 bits per heavy atom. The molecule has 0 radical (unpaired) electrons. The molecule has 2 heterocycles. The minimum Gasteiger partial charge on any atom is -0.381 e. The van der Waals surface area contributed by atoms with E-state index in [1.807, 2.05) is 7.05 Å². The molecule has 1 saturated heterocycles. The lowest BCUT2D eigenvalue weighted by molar-refractivity contribution is -0.0411. The molecule has 1 fully saturated rings. The molecule has 0 unspecified atom stereocenters. The van der Waals surface area contributed by atoms with E-state index in [0.29, 0.717) is 11.5 Å². The van der Waals surface area contributed by atoms with Crippen molar-refractivity contribution in [3.63, 3.8) is 0 Å². The monoisotopic (exact) mass is 206 g/mol. The highest BCUT2D eigenvalue weighted by Crippen LogP contribution is 2.12. The molecule has 1 aromatic heterocycles. The summed E-state index contributed by atoms with van der Waals surface area (Å²) >= 11 is 0. The molecule has 4 heteroatoms. The van der Waals surface area contributed by atoms with Crippen molar-refractivity contribution in [1.29, 1.82) is 0 Å². The van der Waals surface area contributed by atoms with Gasteiger partial charge in [0.2, 0.25) is 0 Å². The van der Waals surface area contributed by atoms with Gasteiger partial charge in [-0.3, -0.25) is 9.78 Å². The van der Waals surface area contributed by atoms with Gasteiger partial charge in [0.25, 0.3) is 5.91 Å². The predicted octanol–water partition coefficient (Wildman–Crippen LogP) is 0.800. The Morgan fingerprint density at radius 1 is 1.53 bits per heavy atom. The van der Waals surface area contributed by atoms with E-state index in [0.717, 1.165) is 19.8 Å². The Labute approximate surface area is 88.9 Å². The predicted molar refractivity (Wildman–Crippen MR) is 55.5 cm³/mol. The van der Waals surface area contributed by atoms with Crippen LogP contribution in [0, 0.1) is 5.92 Å². The van der Waals surface area contributed by atoms with Gasteiger partial charge in [-0.05, 0) is 12.1 Å². The number of amides is 1. The number of hydrogen-bond donors (Lipinski definition) is 0. The molecule has 0 aliphatic carbocycles. The fourth-order valence-electron chi connectivity index (χ4n) is 1.58. The fraction of sp³-hybridized carbons (Fsp3) is 0.455. The van der Waals surface area contributed by atoms with Crippen LogP contribution in [0.3, 0.4) is 0 Å². The smallest absolute Gasteiger partial charge is 0.253 e. The second-order valence-electron chi connectivity index (χ2n) is 3.83. The maximum absolute atomic E-state index is 11.9. The number of rotatable bonds is 3. The maximum atomic E-state index is 11.9. The van der Waals surface area contributed by atoms with E-state index < -0.39 is 0 Å². The van der Waals surface area contributed by atoms with Crippen LogP contribution in [-0.2, 0) is 4.74 Å². The number of carbonyl (C=O) groups is 1. The molecule has 1 aliphatic rings. The van der Waals surface area contributed by atoms with Crippen LogP contribution in [0.5, 0.6) is 0 Å². The van der Waals surface area contributed by atoms with Gasteiger partial charge >= 0.3 is 0 Å². The van der Waals surface area contributed by atoms with E-state index in [1.54, 1.807) is 29.4 Å². The van der Waals surface area contributed by atoms with Gasteiger partial charge in [-0.2, -0.15) is 0 Å². The van der Waals surface area contributed by atoms with Gasteiger partial charge in [-0.15, -0.1) is 0 Å². The zero-order chi connectivity index (χ0) is 10.7. The maximum Gasteiger partial charge on any atom is 0.253 e. The van der Waals surface area contributed by atoms with Crippen LogP contribution in [0.25, 0.3) is 0 Å². The lowest BCUT2D eigenvalue weighted by Gasteiger charge is -2.30. The van der Waals surface area contributed by atoms with Gasteiger partial charge in [0, 0.05) is 37.5 Å². The summed E-state index contributed by atoms with van der Waals surface area (Å²) in [6, 6.07) is 3.46. The van der Waals surface area contributed by atoms with Crippen LogP contribution in [-0.4, -0.2) is 42.6 Å². The van der Waals surface area contributed by atoms with E-state index in [-0.39, 0.29) is 5.91 Å². The van der Waals surface area contributed by atoms with Crippen LogP contribution >= 0.6 is 0 Å². The van der Waals surface area contributed by atoms with E-state index in [1.165, 1.54) is 0 Å². The molecule has 15 heavy (non-hydrogen) atoms. The first-order chi connectivity index (χ1) is 7.27. The molecule has 0 N–H and O–H groups in total. The van der Waals surface area contributed by atoms with Crippen LogP contribution in [0.15, 0.2) is 24.5 Å².